The molecular formula is C12H13BrN2O4. The van der Waals surface area contributed by atoms with Crippen LogP contribution in [0.5, 0.6) is 0 Å². The maximum Gasteiger partial charge on any atom is 0.270 e. The molecule has 102 valence electrons. The van der Waals surface area contributed by atoms with Gasteiger partial charge < -0.3 is 10.0 Å². The average molecular weight is 329 g/mol. The van der Waals surface area contributed by atoms with Gasteiger partial charge in [-0.25, -0.2) is 0 Å². The number of aliphatic hydroxyl groups is 1. The third-order valence-electron chi connectivity index (χ3n) is 3.31. The van der Waals surface area contributed by atoms with Crippen molar-refractivity contribution in [2.75, 3.05) is 13.1 Å². The van der Waals surface area contributed by atoms with Crippen LogP contribution in [-0.2, 0) is 0 Å². The van der Waals surface area contributed by atoms with Crippen LogP contribution in [0.2, 0.25) is 0 Å². The fraction of sp³-hybridized carbons (Fsp3) is 0.417. The number of β-amino-alcohol motifs (C(OH)–C–C–N with tert-alkyl or cyclic N) is 1. The minimum Gasteiger partial charge on any atom is -0.386 e. The highest BCUT2D eigenvalue weighted by molar-refractivity contribution is 9.10. The van der Waals surface area contributed by atoms with Crippen molar-refractivity contribution in [3.05, 3.63) is 38.3 Å². The number of non-ortho nitro benzene ring substituents is 1. The molecule has 0 unspecified atom stereocenters. The lowest BCUT2D eigenvalue weighted by molar-refractivity contribution is -0.384. The molecule has 7 heteroatoms. The molecule has 1 aromatic rings. The monoisotopic (exact) mass is 328 g/mol. The zero-order valence-electron chi connectivity index (χ0n) is 10.3. The first-order chi connectivity index (χ1) is 8.86. The van der Waals surface area contributed by atoms with Crippen LogP contribution in [0.1, 0.15) is 23.7 Å². The summed E-state index contributed by atoms with van der Waals surface area (Å²) in [4.78, 5) is 23.8. The van der Waals surface area contributed by atoms with Crippen LogP contribution >= 0.6 is 15.9 Å². The van der Waals surface area contributed by atoms with E-state index in [4.69, 9.17) is 0 Å². The minimum atomic E-state index is -0.817. The second-order valence-electron chi connectivity index (χ2n) is 4.66. The number of likely N-dealkylation sites (tertiary alicyclic amines) is 1. The molecular weight excluding hydrogens is 316 g/mol. The van der Waals surface area contributed by atoms with Gasteiger partial charge >= 0.3 is 0 Å². The van der Waals surface area contributed by atoms with Crippen molar-refractivity contribution >= 4 is 27.5 Å². The Hall–Kier alpha value is -1.47. The molecule has 1 aliphatic heterocycles. The first-order valence-corrected chi connectivity index (χ1v) is 6.61. The van der Waals surface area contributed by atoms with E-state index < -0.39 is 10.5 Å². The first-order valence-electron chi connectivity index (χ1n) is 5.82. The Balaban J connectivity index is 2.21. The predicted molar refractivity (Wildman–Crippen MR) is 71.9 cm³/mol. The molecule has 0 spiro atoms. The molecule has 1 fully saturated rings. The Morgan fingerprint density at radius 1 is 1.58 bits per heavy atom. The van der Waals surface area contributed by atoms with Gasteiger partial charge in [0, 0.05) is 16.6 Å². The average Bonchev–Trinajstić information content (AvgIpc) is 2.34. The molecule has 1 amide bonds. The van der Waals surface area contributed by atoms with E-state index in [2.05, 4.69) is 15.9 Å². The summed E-state index contributed by atoms with van der Waals surface area (Å²) >= 11 is 3.21. The summed E-state index contributed by atoms with van der Waals surface area (Å²) in [6.07, 6.45) is 0.576. The summed E-state index contributed by atoms with van der Waals surface area (Å²) in [5.41, 5.74) is -0.701. The lowest BCUT2D eigenvalue weighted by Crippen LogP contribution is -2.63. The molecule has 0 saturated carbocycles. The van der Waals surface area contributed by atoms with Crippen LogP contribution in [0.3, 0.4) is 0 Å². The van der Waals surface area contributed by atoms with E-state index in [0.29, 0.717) is 10.9 Å². The van der Waals surface area contributed by atoms with Crippen molar-refractivity contribution < 1.29 is 14.8 Å². The maximum atomic E-state index is 12.2. The highest BCUT2D eigenvalue weighted by Gasteiger charge is 2.42. The third-order valence-corrected chi connectivity index (χ3v) is 4.00. The number of rotatable bonds is 3. The van der Waals surface area contributed by atoms with Gasteiger partial charge in [-0.3, -0.25) is 14.9 Å². The lowest BCUT2D eigenvalue weighted by Gasteiger charge is -2.46. The summed E-state index contributed by atoms with van der Waals surface area (Å²) in [5.74, 6) is -0.311. The van der Waals surface area contributed by atoms with Gasteiger partial charge in [-0.1, -0.05) is 6.92 Å². The van der Waals surface area contributed by atoms with Gasteiger partial charge in [0.25, 0.3) is 11.6 Å². The van der Waals surface area contributed by atoms with E-state index in [-0.39, 0.29) is 30.2 Å². The molecule has 0 aliphatic carbocycles. The number of benzene rings is 1. The molecule has 6 nitrogen and oxygen atoms in total. The van der Waals surface area contributed by atoms with Crippen molar-refractivity contribution in [1.29, 1.82) is 0 Å². The molecule has 0 aromatic heterocycles. The fourth-order valence-corrected chi connectivity index (χ4v) is 2.41. The minimum absolute atomic E-state index is 0.127. The molecule has 1 heterocycles. The zero-order chi connectivity index (χ0) is 14.2. The van der Waals surface area contributed by atoms with Crippen molar-refractivity contribution in [2.24, 2.45) is 0 Å². The lowest BCUT2D eigenvalue weighted by atomic mass is 9.90. The Kier molecular flexibility index (Phi) is 3.60. The molecule has 1 aliphatic rings. The van der Waals surface area contributed by atoms with E-state index >= 15 is 0 Å². The number of carbonyl (C=O) groups is 1. The van der Waals surface area contributed by atoms with Crippen molar-refractivity contribution in [2.45, 2.75) is 18.9 Å². The molecule has 0 bridgehead atoms. The smallest absolute Gasteiger partial charge is 0.270 e. The molecule has 0 radical (unpaired) electrons. The van der Waals surface area contributed by atoms with E-state index in [9.17, 15) is 20.0 Å². The fourth-order valence-electron chi connectivity index (χ4n) is 1.99. The summed E-state index contributed by atoms with van der Waals surface area (Å²) in [6.45, 7) is 2.38. The molecule has 0 atom stereocenters. The maximum absolute atomic E-state index is 12.2. The second kappa shape index (κ2) is 4.90. The van der Waals surface area contributed by atoms with Crippen LogP contribution in [0.4, 0.5) is 5.69 Å². The summed E-state index contributed by atoms with van der Waals surface area (Å²) in [5, 5.41) is 20.6. The first kappa shape index (κ1) is 14.0. The van der Waals surface area contributed by atoms with Gasteiger partial charge in [-0.15, -0.1) is 0 Å². The Labute approximate surface area is 118 Å². The molecule has 1 saturated heterocycles. The molecule has 19 heavy (non-hydrogen) atoms. The molecule has 2 rings (SSSR count). The van der Waals surface area contributed by atoms with E-state index in [0.717, 1.165) is 0 Å². The van der Waals surface area contributed by atoms with Gasteiger partial charge in [0.15, 0.2) is 0 Å². The largest absolute Gasteiger partial charge is 0.386 e. The number of hydrogen-bond donors (Lipinski definition) is 1. The van der Waals surface area contributed by atoms with Crippen LogP contribution in [0.15, 0.2) is 22.7 Å². The summed E-state index contributed by atoms with van der Waals surface area (Å²) < 4.78 is 0.509. The summed E-state index contributed by atoms with van der Waals surface area (Å²) in [7, 11) is 0. The van der Waals surface area contributed by atoms with E-state index in [1.54, 1.807) is 0 Å². The number of carbonyl (C=O) groups excluding carboxylic acids is 1. The topological polar surface area (TPSA) is 83.7 Å². The van der Waals surface area contributed by atoms with Crippen LogP contribution in [-0.4, -0.2) is 39.5 Å². The van der Waals surface area contributed by atoms with Crippen LogP contribution < -0.4 is 0 Å². The van der Waals surface area contributed by atoms with Gasteiger partial charge in [0.2, 0.25) is 0 Å². The van der Waals surface area contributed by atoms with E-state index in [1.165, 1.54) is 23.1 Å². The number of hydrogen-bond acceptors (Lipinski definition) is 4. The number of nitro groups is 1. The zero-order valence-corrected chi connectivity index (χ0v) is 11.9. The number of nitrogens with zero attached hydrogens (tertiary/aromatic N) is 2. The molecule has 1 aromatic carbocycles. The Morgan fingerprint density at radius 2 is 2.21 bits per heavy atom. The van der Waals surface area contributed by atoms with E-state index in [1.807, 2.05) is 6.92 Å². The van der Waals surface area contributed by atoms with Crippen molar-refractivity contribution in [3.8, 4) is 0 Å². The van der Waals surface area contributed by atoms with Gasteiger partial charge in [0.1, 0.15) is 0 Å². The van der Waals surface area contributed by atoms with Gasteiger partial charge in [0.05, 0.1) is 29.2 Å². The quantitative estimate of drug-likeness (QED) is 0.679. The molecule has 1 N–H and O–H groups in total. The third kappa shape index (κ3) is 2.62. The highest BCUT2D eigenvalue weighted by Crippen LogP contribution is 2.29. The van der Waals surface area contributed by atoms with Crippen molar-refractivity contribution in [3.63, 3.8) is 0 Å². The SMILES string of the molecule is CCC1(O)CN(C(=O)c2cc([N+](=O)[O-])ccc2Br)C1. The number of amides is 1. The van der Waals surface area contributed by atoms with Crippen molar-refractivity contribution in [1.82, 2.24) is 4.90 Å². The van der Waals surface area contributed by atoms with Gasteiger partial charge in [-0.05, 0) is 28.4 Å². The highest BCUT2D eigenvalue weighted by atomic mass is 79.9. The summed E-state index contributed by atoms with van der Waals surface area (Å²) in [6, 6.07) is 4.06. The van der Waals surface area contributed by atoms with Gasteiger partial charge in [-0.2, -0.15) is 0 Å². The number of halogens is 1. The predicted octanol–water partition coefficient (Wildman–Crippen LogP) is 1.95. The number of nitro benzene ring substituents is 1. The Bertz CT molecular complexity index is 541. The van der Waals surface area contributed by atoms with Crippen LogP contribution in [0.25, 0.3) is 0 Å². The normalized spacial score (nSPS) is 16.9. The second-order valence-corrected chi connectivity index (χ2v) is 5.51. The standard InChI is InChI=1S/C12H13BrN2O4/c1-2-12(17)6-14(7-12)11(16)9-5-8(15(18)19)3-4-10(9)13/h3-5,17H,2,6-7H2,1H3. The van der Waals surface area contributed by atoms with Crippen LogP contribution in [0, 0.1) is 10.1 Å². The Morgan fingerprint density at radius 3 is 2.74 bits per heavy atom.